The molecule has 134 valence electrons. The van der Waals surface area contributed by atoms with Gasteiger partial charge in [0.05, 0.1) is 28.5 Å². The van der Waals surface area contributed by atoms with E-state index in [1.165, 1.54) is 11.1 Å². The first-order valence-electron chi connectivity index (χ1n) is 8.54. The lowest BCUT2D eigenvalue weighted by Gasteiger charge is -2.19. The lowest BCUT2D eigenvalue weighted by molar-refractivity contribution is 0.0784. The molecular formula is C21H23N3OS. The second-order valence-electron chi connectivity index (χ2n) is 6.44. The van der Waals surface area contributed by atoms with Gasteiger partial charge in [0.15, 0.2) is 0 Å². The fourth-order valence-corrected chi connectivity index (χ4v) is 3.42. The fourth-order valence-electron chi connectivity index (χ4n) is 2.81. The third-order valence-electron chi connectivity index (χ3n) is 4.44. The van der Waals surface area contributed by atoms with Crippen LogP contribution in [0, 0.1) is 20.8 Å². The smallest absolute Gasteiger partial charge is 0.256 e. The standard InChI is InChI=1S/C21H23N3OS/c1-14-8-7-11-19(15(14)2)23-20-10-6-5-9-18(20)21(25)24(4)12-17-13-26-16(3)22-17/h5-11,13,23H,12H2,1-4H3. The van der Waals surface area contributed by atoms with E-state index in [4.69, 9.17) is 0 Å². The number of nitrogens with one attached hydrogen (secondary N) is 1. The number of rotatable bonds is 5. The van der Waals surface area contributed by atoms with E-state index in [9.17, 15) is 4.79 Å². The maximum atomic E-state index is 13.0. The van der Waals surface area contributed by atoms with Crippen LogP contribution in [0.4, 0.5) is 11.4 Å². The Morgan fingerprint density at radius 3 is 2.54 bits per heavy atom. The number of carbonyl (C=O) groups excluding carboxylic acids is 1. The van der Waals surface area contributed by atoms with E-state index in [0.29, 0.717) is 12.1 Å². The first-order chi connectivity index (χ1) is 12.5. The number of anilines is 2. The number of hydrogen-bond acceptors (Lipinski definition) is 4. The van der Waals surface area contributed by atoms with Crippen LogP contribution in [-0.2, 0) is 6.54 Å². The van der Waals surface area contributed by atoms with Crippen molar-refractivity contribution in [1.82, 2.24) is 9.88 Å². The van der Waals surface area contributed by atoms with E-state index in [1.807, 2.05) is 55.7 Å². The summed E-state index contributed by atoms with van der Waals surface area (Å²) in [6.07, 6.45) is 0. The maximum Gasteiger partial charge on any atom is 0.256 e. The highest BCUT2D eigenvalue weighted by Gasteiger charge is 2.17. The van der Waals surface area contributed by atoms with Crippen molar-refractivity contribution in [2.45, 2.75) is 27.3 Å². The quantitative estimate of drug-likeness (QED) is 0.685. The van der Waals surface area contributed by atoms with Crippen molar-refractivity contribution in [1.29, 1.82) is 0 Å². The highest BCUT2D eigenvalue weighted by Crippen LogP contribution is 2.26. The number of thiazole rings is 1. The van der Waals surface area contributed by atoms with Crippen LogP contribution in [0.15, 0.2) is 47.8 Å². The predicted molar refractivity (Wildman–Crippen MR) is 108 cm³/mol. The van der Waals surface area contributed by atoms with Gasteiger partial charge in [-0.1, -0.05) is 24.3 Å². The average molecular weight is 366 g/mol. The normalized spacial score (nSPS) is 10.6. The maximum absolute atomic E-state index is 13.0. The van der Waals surface area contributed by atoms with Gasteiger partial charge in [0.1, 0.15) is 0 Å². The molecule has 0 aliphatic rings. The molecule has 0 bridgehead atoms. The molecule has 5 heteroatoms. The fraction of sp³-hybridized carbons (Fsp3) is 0.238. The van der Waals surface area contributed by atoms with Crippen molar-refractivity contribution in [2.24, 2.45) is 0 Å². The van der Waals surface area contributed by atoms with Gasteiger partial charge in [-0.3, -0.25) is 4.79 Å². The second-order valence-corrected chi connectivity index (χ2v) is 7.50. The van der Waals surface area contributed by atoms with Gasteiger partial charge in [-0.05, 0) is 50.1 Å². The van der Waals surface area contributed by atoms with Crippen LogP contribution < -0.4 is 5.32 Å². The SMILES string of the molecule is Cc1nc(CN(C)C(=O)c2ccccc2Nc2cccc(C)c2C)cs1. The Balaban J connectivity index is 1.84. The van der Waals surface area contributed by atoms with E-state index in [-0.39, 0.29) is 5.91 Å². The monoisotopic (exact) mass is 365 g/mol. The van der Waals surface area contributed by atoms with Gasteiger partial charge in [-0.2, -0.15) is 0 Å². The lowest BCUT2D eigenvalue weighted by atomic mass is 10.1. The van der Waals surface area contributed by atoms with Crippen LogP contribution in [0.1, 0.15) is 32.2 Å². The van der Waals surface area contributed by atoms with Crippen molar-refractivity contribution in [3.05, 3.63) is 75.2 Å². The molecule has 2 aromatic carbocycles. The van der Waals surface area contributed by atoms with E-state index < -0.39 is 0 Å². The van der Waals surface area contributed by atoms with Crippen molar-refractivity contribution in [3.63, 3.8) is 0 Å². The van der Waals surface area contributed by atoms with Gasteiger partial charge in [0, 0.05) is 18.1 Å². The topological polar surface area (TPSA) is 45.2 Å². The summed E-state index contributed by atoms with van der Waals surface area (Å²) in [5.74, 6) is -0.0240. The molecule has 1 aromatic heterocycles. The molecule has 26 heavy (non-hydrogen) atoms. The number of aryl methyl sites for hydroxylation is 2. The molecule has 4 nitrogen and oxygen atoms in total. The first kappa shape index (κ1) is 18.1. The van der Waals surface area contributed by atoms with Crippen LogP contribution in [0.2, 0.25) is 0 Å². The van der Waals surface area contributed by atoms with Crippen LogP contribution in [-0.4, -0.2) is 22.8 Å². The summed E-state index contributed by atoms with van der Waals surface area (Å²) in [5, 5.41) is 6.44. The Kier molecular flexibility index (Phi) is 5.38. The summed E-state index contributed by atoms with van der Waals surface area (Å²) in [6.45, 7) is 6.64. The predicted octanol–water partition coefficient (Wildman–Crippen LogP) is 5.08. The Bertz CT molecular complexity index is 933. The molecule has 0 saturated carbocycles. The third kappa shape index (κ3) is 3.94. The van der Waals surface area contributed by atoms with Gasteiger partial charge in [-0.25, -0.2) is 4.98 Å². The molecular weight excluding hydrogens is 342 g/mol. The number of hydrogen-bond donors (Lipinski definition) is 1. The van der Waals surface area contributed by atoms with E-state index in [2.05, 4.69) is 30.2 Å². The summed E-state index contributed by atoms with van der Waals surface area (Å²) < 4.78 is 0. The highest BCUT2D eigenvalue weighted by atomic mass is 32.1. The lowest BCUT2D eigenvalue weighted by Crippen LogP contribution is -2.27. The Morgan fingerprint density at radius 1 is 1.08 bits per heavy atom. The van der Waals surface area contributed by atoms with Gasteiger partial charge in [0.2, 0.25) is 0 Å². The van der Waals surface area contributed by atoms with Crippen LogP contribution in [0.3, 0.4) is 0 Å². The molecule has 0 radical (unpaired) electrons. The van der Waals surface area contributed by atoms with Gasteiger partial charge >= 0.3 is 0 Å². The van der Waals surface area contributed by atoms with Gasteiger partial charge < -0.3 is 10.2 Å². The zero-order chi connectivity index (χ0) is 18.7. The molecule has 0 fully saturated rings. The molecule has 0 atom stereocenters. The second kappa shape index (κ2) is 7.70. The minimum atomic E-state index is -0.0240. The summed E-state index contributed by atoms with van der Waals surface area (Å²) >= 11 is 1.60. The van der Waals surface area contributed by atoms with Crippen molar-refractivity contribution in [3.8, 4) is 0 Å². The van der Waals surface area contributed by atoms with E-state index in [0.717, 1.165) is 22.1 Å². The Hall–Kier alpha value is -2.66. The third-order valence-corrected chi connectivity index (χ3v) is 5.27. The number of benzene rings is 2. The summed E-state index contributed by atoms with van der Waals surface area (Å²) in [5.41, 5.74) is 5.80. The largest absolute Gasteiger partial charge is 0.355 e. The molecule has 3 aromatic rings. The van der Waals surface area contributed by atoms with Crippen LogP contribution in [0.25, 0.3) is 0 Å². The molecule has 1 heterocycles. The molecule has 0 aliphatic heterocycles. The first-order valence-corrected chi connectivity index (χ1v) is 9.42. The molecule has 3 rings (SSSR count). The zero-order valence-corrected chi connectivity index (χ0v) is 16.4. The number of amides is 1. The van der Waals surface area contributed by atoms with Gasteiger partial charge in [0.25, 0.3) is 5.91 Å². The molecule has 1 N–H and O–H groups in total. The molecule has 0 unspecified atom stereocenters. The van der Waals surface area contributed by atoms with E-state index in [1.54, 1.807) is 16.2 Å². The summed E-state index contributed by atoms with van der Waals surface area (Å²) in [4.78, 5) is 19.1. The van der Waals surface area contributed by atoms with Gasteiger partial charge in [-0.15, -0.1) is 11.3 Å². The minimum absolute atomic E-state index is 0.0240. The number of para-hydroxylation sites is 1. The summed E-state index contributed by atoms with van der Waals surface area (Å²) in [7, 11) is 1.81. The number of carbonyl (C=O) groups is 1. The molecule has 1 amide bonds. The number of aromatic nitrogens is 1. The molecule has 0 spiro atoms. The molecule has 0 saturated heterocycles. The van der Waals surface area contributed by atoms with Crippen LogP contribution >= 0.6 is 11.3 Å². The molecule has 0 aliphatic carbocycles. The van der Waals surface area contributed by atoms with Crippen molar-refractivity contribution < 1.29 is 4.79 Å². The Labute approximate surface area is 158 Å². The minimum Gasteiger partial charge on any atom is -0.355 e. The van der Waals surface area contributed by atoms with Crippen molar-refractivity contribution >= 4 is 28.6 Å². The number of nitrogens with zero attached hydrogens (tertiary/aromatic N) is 2. The van der Waals surface area contributed by atoms with Crippen LogP contribution in [0.5, 0.6) is 0 Å². The average Bonchev–Trinajstić information content (AvgIpc) is 3.03. The van der Waals surface area contributed by atoms with Crippen molar-refractivity contribution in [2.75, 3.05) is 12.4 Å². The van der Waals surface area contributed by atoms with E-state index >= 15 is 0 Å². The Morgan fingerprint density at radius 2 is 1.81 bits per heavy atom. The highest BCUT2D eigenvalue weighted by molar-refractivity contribution is 7.09. The zero-order valence-electron chi connectivity index (χ0n) is 15.5. The summed E-state index contributed by atoms with van der Waals surface area (Å²) in [6, 6.07) is 13.8.